The zero-order valence-corrected chi connectivity index (χ0v) is 18.5. The molecule has 0 bridgehead atoms. The van der Waals surface area contributed by atoms with Crippen molar-refractivity contribution in [1.82, 2.24) is 0 Å². The zero-order valence-electron chi connectivity index (χ0n) is 18.5. The van der Waals surface area contributed by atoms with Gasteiger partial charge in [0, 0.05) is 5.69 Å². The number of nitrogens with one attached hydrogen (secondary N) is 1. The molecule has 0 saturated heterocycles. The van der Waals surface area contributed by atoms with Crippen molar-refractivity contribution in [2.45, 2.75) is 20.3 Å². The van der Waals surface area contributed by atoms with E-state index in [1.165, 1.54) is 12.1 Å². The van der Waals surface area contributed by atoms with Crippen LogP contribution in [0, 0.1) is 31.0 Å². The fraction of sp³-hybridized carbons (Fsp3) is 0.103. The predicted octanol–water partition coefficient (Wildman–Crippen LogP) is 6.73. The molecular formula is C29H23FN2O. The Balaban J connectivity index is 1.78. The summed E-state index contributed by atoms with van der Waals surface area (Å²) in [7, 11) is 0. The molecule has 3 nitrogen and oxygen atoms in total. The molecule has 0 aliphatic rings. The van der Waals surface area contributed by atoms with E-state index >= 15 is 0 Å². The highest BCUT2D eigenvalue weighted by atomic mass is 19.1. The highest BCUT2D eigenvalue weighted by molar-refractivity contribution is 6.11. The monoisotopic (exact) mass is 434 g/mol. The number of amides is 1. The summed E-state index contributed by atoms with van der Waals surface area (Å²) >= 11 is 0. The molecule has 0 spiro atoms. The van der Waals surface area contributed by atoms with E-state index in [1.54, 1.807) is 12.1 Å². The van der Waals surface area contributed by atoms with E-state index in [-0.39, 0.29) is 11.4 Å². The van der Waals surface area contributed by atoms with Crippen molar-refractivity contribution in [3.8, 4) is 6.07 Å². The molecule has 0 aliphatic carbocycles. The van der Waals surface area contributed by atoms with Gasteiger partial charge in [0.25, 0.3) is 5.91 Å². The quantitative estimate of drug-likeness (QED) is 0.280. The molecule has 0 radical (unpaired) electrons. The van der Waals surface area contributed by atoms with Crippen LogP contribution in [0.2, 0.25) is 0 Å². The molecule has 4 rings (SSSR count). The van der Waals surface area contributed by atoms with E-state index in [4.69, 9.17) is 0 Å². The summed E-state index contributed by atoms with van der Waals surface area (Å²) in [6, 6.07) is 26.1. The topological polar surface area (TPSA) is 52.9 Å². The minimum Gasteiger partial charge on any atom is -0.321 e. The maximum absolute atomic E-state index is 13.8. The maximum atomic E-state index is 13.8. The molecule has 0 aliphatic heterocycles. The maximum Gasteiger partial charge on any atom is 0.266 e. The van der Waals surface area contributed by atoms with Gasteiger partial charge in [-0.25, -0.2) is 4.39 Å². The Morgan fingerprint density at radius 2 is 1.82 bits per heavy atom. The first-order valence-electron chi connectivity index (χ1n) is 10.7. The van der Waals surface area contributed by atoms with Gasteiger partial charge in [0.15, 0.2) is 0 Å². The number of fused-ring (bicyclic) bond motifs is 1. The molecule has 0 saturated carbocycles. The lowest BCUT2D eigenvalue weighted by Gasteiger charge is -2.12. The number of aryl methyl sites for hydroxylation is 2. The van der Waals surface area contributed by atoms with Crippen molar-refractivity contribution in [3.63, 3.8) is 0 Å². The molecule has 1 amide bonds. The van der Waals surface area contributed by atoms with E-state index < -0.39 is 5.91 Å². The highest BCUT2D eigenvalue weighted by Crippen LogP contribution is 2.27. The minimum atomic E-state index is -0.462. The first-order chi connectivity index (χ1) is 15.9. The lowest BCUT2D eigenvalue weighted by Crippen LogP contribution is -2.14. The van der Waals surface area contributed by atoms with Crippen LogP contribution >= 0.6 is 0 Å². The fourth-order valence-corrected chi connectivity index (χ4v) is 3.89. The Kier molecular flexibility index (Phi) is 6.33. The Morgan fingerprint density at radius 3 is 2.61 bits per heavy atom. The van der Waals surface area contributed by atoms with E-state index in [9.17, 15) is 14.4 Å². The zero-order chi connectivity index (χ0) is 23.4. The number of carbonyl (C=O) groups is 1. The number of halogens is 1. The summed E-state index contributed by atoms with van der Waals surface area (Å²) in [5, 5.41) is 14.6. The van der Waals surface area contributed by atoms with Crippen LogP contribution in [0.3, 0.4) is 0 Å². The Labute approximate surface area is 192 Å². The van der Waals surface area contributed by atoms with Gasteiger partial charge in [-0.15, -0.1) is 0 Å². The van der Waals surface area contributed by atoms with Gasteiger partial charge < -0.3 is 5.32 Å². The van der Waals surface area contributed by atoms with Crippen molar-refractivity contribution < 1.29 is 9.18 Å². The van der Waals surface area contributed by atoms with Gasteiger partial charge in [0.05, 0.1) is 0 Å². The summed E-state index contributed by atoms with van der Waals surface area (Å²) in [6.07, 6.45) is 2.11. The van der Waals surface area contributed by atoms with E-state index in [2.05, 4.69) is 11.4 Å². The standard InChI is InChI=1S/C29H23FN2O/c1-19-10-11-20(2)28(14-19)32-29(33)24(18-31)17-27-23(15-21-6-5-8-25(30)16-21)13-12-22-7-3-4-9-26(22)27/h3-14,16-17H,15H2,1-2H3,(H,32,33)/b24-17+. The molecule has 0 unspecified atom stereocenters. The highest BCUT2D eigenvalue weighted by Gasteiger charge is 2.14. The number of nitrogens with zero attached hydrogens (tertiary/aromatic N) is 1. The number of hydrogen-bond acceptors (Lipinski definition) is 2. The molecule has 0 atom stereocenters. The van der Waals surface area contributed by atoms with Gasteiger partial charge in [-0.3, -0.25) is 4.79 Å². The first kappa shape index (κ1) is 22.0. The average molecular weight is 435 g/mol. The van der Waals surface area contributed by atoms with Crippen LogP contribution in [0.5, 0.6) is 0 Å². The van der Waals surface area contributed by atoms with E-state index in [0.717, 1.165) is 38.6 Å². The smallest absolute Gasteiger partial charge is 0.266 e. The third-order valence-electron chi connectivity index (χ3n) is 5.64. The Hall–Kier alpha value is -4.23. The molecule has 4 heteroatoms. The van der Waals surface area contributed by atoms with Crippen LogP contribution in [-0.2, 0) is 11.2 Å². The van der Waals surface area contributed by atoms with Gasteiger partial charge in [-0.2, -0.15) is 5.26 Å². The third-order valence-corrected chi connectivity index (χ3v) is 5.64. The van der Waals surface area contributed by atoms with E-state index in [0.29, 0.717) is 12.1 Å². The fourth-order valence-electron chi connectivity index (χ4n) is 3.89. The molecule has 162 valence electrons. The molecule has 33 heavy (non-hydrogen) atoms. The largest absolute Gasteiger partial charge is 0.321 e. The molecule has 0 heterocycles. The van der Waals surface area contributed by atoms with Crippen molar-refractivity contribution in [3.05, 3.63) is 118 Å². The molecule has 0 fully saturated rings. The van der Waals surface area contributed by atoms with Crippen molar-refractivity contribution in [1.29, 1.82) is 5.26 Å². The molecule has 0 aromatic heterocycles. The van der Waals surface area contributed by atoms with Crippen LogP contribution in [0.4, 0.5) is 10.1 Å². The number of benzene rings is 4. The second kappa shape index (κ2) is 9.50. The summed E-state index contributed by atoms with van der Waals surface area (Å²) in [4.78, 5) is 13.0. The van der Waals surface area contributed by atoms with E-state index in [1.807, 2.05) is 74.5 Å². The SMILES string of the molecule is Cc1ccc(C)c(NC(=O)/C(C#N)=C/c2c(Cc3cccc(F)c3)ccc3ccccc23)c1. The number of carbonyl (C=O) groups excluding carboxylic acids is 1. The normalized spacial score (nSPS) is 11.3. The Bertz CT molecular complexity index is 1430. The summed E-state index contributed by atoms with van der Waals surface area (Å²) in [5.41, 5.74) is 5.13. The van der Waals surface area contributed by atoms with Crippen molar-refractivity contribution >= 4 is 28.4 Å². The number of nitriles is 1. The number of anilines is 1. The molecular weight excluding hydrogens is 411 g/mol. The second-order valence-electron chi connectivity index (χ2n) is 8.11. The van der Waals surface area contributed by atoms with Crippen molar-refractivity contribution in [2.24, 2.45) is 0 Å². The Morgan fingerprint density at radius 1 is 1.00 bits per heavy atom. The number of rotatable bonds is 5. The third kappa shape index (κ3) is 4.99. The molecule has 1 N–H and O–H groups in total. The summed E-state index contributed by atoms with van der Waals surface area (Å²) in [5.74, 6) is -0.758. The van der Waals surface area contributed by atoms with Gasteiger partial charge in [-0.1, -0.05) is 60.7 Å². The van der Waals surface area contributed by atoms with Crippen LogP contribution in [-0.4, -0.2) is 5.91 Å². The van der Waals surface area contributed by atoms with Gasteiger partial charge in [0.1, 0.15) is 17.5 Å². The van der Waals surface area contributed by atoms with Gasteiger partial charge in [0.2, 0.25) is 0 Å². The van der Waals surface area contributed by atoms with Crippen LogP contribution in [0.1, 0.15) is 27.8 Å². The minimum absolute atomic E-state index is 0.00718. The number of hydrogen-bond donors (Lipinski definition) is 1. The van der Waals surface area contributed by atoms with Crippen molar-refractivity contribution in [2.75, 3.05) is 5.32 Å². The van der Waals surface area contributed by atoms with Crippen LogP contribution in [0.15, 0.2) is 84.4 Å². The lowest BCUT2D eigenvalue weighted by atomic mass is 9.93. The molecule has 4 aromatic carbocycles. The summed E-state index contributed by atoms with van der Waals surface area (Å²) in [6.45, 7) is 3.86. The summed E-state index contributed by atoms with van der Waals surface area (Å²) < 4.78 is 13.8. The van der Waals surface area contributed by atoms with Gasteiger partial charge in [-0.05, 0) is 83.1 Å². The molecule has 4 aromatic rings. The van der Waals surface area contributed by atoms with Gasteiger partial charge >= 0.3 is 0 Å². The second-order valence-corrected chi connectivity index (χ2v) is 8.11. The van der Waals surface area contributed by atoms with Crippen LogP contribution in [0.25, 0.3) is 16.8 Å². The lowest BCUT2D eigenvalue weighted by molar-refractivity contribution is -0.112. The predicted molar refractivity (Wildman–Crippen MR) is 131 cm³/mol. The average Bonchev–Trinajstić information content (AvgIpc) is 2.80. The van der Waals surface area contributed by atoms with Crippen LogP contribution < -0.4 is 5.32 Å². The first-order valence-corrected chi connectivity index (χ1v) is 10.7.